The second kappa shape index (κ2) is 11.0. The summed E-state index contributed by atoms with van der Waals surface area (Å²) in [4.78, 5) is 28.3. The second-order valence-electron chi connectivity index (χ2n) is 5.37. The van der Waals surface area contributed by atoms with Gasteiger partial charge in [-0.3, -0.25) is 0 Å². The number of hydrogen-bond acceptors (Lipinski definition) is 7. The molecule has 0 bridgehead atoms. The quantitative estimate of drug-likeness (QED) is 0.432. The van der Waals surface area contributed by atoms with Crippen molar-refractivity contribution in [1.29, 1.82) is 0 Å². The average Bonchev–Trinajstić information content (AvgIpc) is 2.66. The Kier molecular flexibility index (Phi) is 8.33. The Balaban J connectivity index is 2.05. The van der Waals surface area contributed by atoms with Gasteiger partial charge in [0.2, 0.25) is 12.2 Å². The van der Waals surface area contributed by atoms with Crippen LogP contribution in [-0.4, -0.2) is 25.4 Å². The van der Waals surface area contributed by atoms with E-state index in [9.17, 15) is 9.59 Å². The van der Waals surface area contributed by atoms with E-state index in [2.05, 4.69) is 9.98 Å². The van der Waals surface area contributed by atoms with E-state index < -0.39 is 0 Å². The van der Waals surface area contributed by atoms with Crippen LogP contribution in [0.2, 0.25) is 0 Å². The molecule has 0 aliphatic carbocycles. The van der Waals surface area contributed by atoms with Crippen molar-refractivity contribution in [3.63, 3.8) is 0 Å². The van der Waals surface area contributed by atoms with Crippen LogP contribution >= 0.6 is 11.8 Å². The van der Waals surface area contributed by atoms with Gasteiger partial charge in [-0.25, -0.2) is 9.59 Å². The van der Waals surface area contributed by atoms with Gasteiger partial charge in [0.05, 0.1) is 13.2 Å². The third-order valence-corrected chi connectivity index (χ3v) is 4.59. The summed E-state index contributed by atoms with van der Waals surface area (Å²) in [7, 11) is 0. The number of rotatable bonds is 10. The lowest BCUT2D eigenvalue weighted by atomic mass is 10.2. The average molecular weight is 384 g/mol. The van der Waals surface area contributed by atoms with E-state index in [4.69, 9.17) is 9.47 Å². The first-order valence-electron chi connectivity index (χ1n) is 8.46. The molecule has 0 radical (unpaired) electrons. The van der Waals surface area contributed by atoms with Gasteiger partial charge in [0.1, 0.15) is 22.9 Å². The van der Waals surface area contributed by atoms with Crippen LogP contribution in [-0.2, 0) is 21.1 Å². The van der Waals surface area contributed by atoms with Crippen LogP contribution in [0, 0.1) is 0 Å². The molecule has 2 aromatic rings. The Morgan fingerprint density at radius 1 is 0.815 bits per heavy atom. The largest absolute Gasteiger partial charge is 0.492 e. The van der Waals surface area contributed by atoms with Crippen molar-refractivity contribution < 1.29 is 19.1 Å². The van der Waals surface area contributed by atoms with Gasteiger partial charge in [-0.2, -0.15) is 21.7 Å². The summed E-state index contributed by atoms with van der Waals surface area (Å²) in [5.41, 5.74) is 3.10. The molecule has 0 aromatic heterocycles. The monoisotopic (exact) mass is 384 g/mol. The Labute approximate surface area is 162 Å². The first kappa shape index (κ1) is 20.5. The first-order chi connectivity index (χ1) is 13.2. The minimum absolute atomic E-state index is 0.480. The minimum atomic E-state index is 0.480. The van der Waals surface area contributed by atoms with E-state index in [-0.39, 0.29) is 0 Å². The molecule has 0 heterocycles. The number of benzene rings is 2. The molecule has 2 aromatic carbocycles. The van der Waals surface area contributed by atoms with Gasteiger partial charge < -0.3 is 9.47 Å². The Bertz CT molecular complexity index is 801. The Hall–Kier alpha value is -2.85. The van der Waals surface area contributed by atoms with Crippen molar-refractivity contribution in [2.45, 2.75) is 25.4 Å². The molecule has 0 atom stereocenters. The molecular weight excluding hydrogens is 364 g/mol. The van der Waals surface area contributed by atoms with Crippen molar-refractivity contribution >= 4 is 35.3 Å². The highest BCUT2D eigenvalue weighted by molar-refractivity contribution is 7.97. The second-order valence-corrected chi connectivity index (χ2v) is 6.35. The van der Waals surface area contributed by atoms with Gasteiger partial charge in [0.15, 0.2) is 0 Å². The number of isocyanates is 2. The summed E-state index contributed by atoms with van der Waals surface area (Å²) < 4.78 is 11.1. The van der Waals surface area contributed by atoms with Crippen molar-refractivity contribution in [3.05, 3.63) is 47.5 Å². The van der Waals surface area contributed by atoms with Crippen LogP contribution in [0.1, 0.15) is 25.0 Å². The lowest BCUT2D eigenvalue weighted by Crippen LogP contribution is -1.94. The van der Waals surface area contributed by atoms with Gasteiger partial charge >= 0.3 is 0 Å². The summed E-state index contributed by atoms with van der Waals surface area (Å²) in [6, 6.07) is 11.1. The van der Waals surface area contributed by atoms with Gasteiger partial charge in [0, 0.05) is 11.5 Å². The standard InChI is InChI=1S/C20H20N2O4S/c1-3-25-19-9-15(5-7-17(19)21-13-23)11-27-12-16-6-8-18(22-14-24)20(10-16)26-4-2/h5-10H,3-4,11-12H2,1-2H3. The summed E-state index contributed by atoms with van der Waals surface area (Å²) in [5, 5.41) is 0. The summed E-state index contributed by atoms with van der Waals surface area (Å²) in [6.45, 7) is 4.75. The number of thioether (sulfide) groups is 1. The Morgan fingerprint density at radius 3 is 1.63 bits per heavy atom. The molecule has 0 saturated heterocycles. The topological polar surface area (TPSA) is 77.3 Å². The van der Waals surface area contributed by atoms with E-state index in [1.54, 1.807) is 36.1 Å². The van der Waals surface area contributed by atoms with E-state index in [0.29, 0.717) is 36.1 Å². The molecule has 0 fully saturated rings. The number of ether oxygens (including phenoxy) is 2. The number of carbonyl (C=O) groups excluding carboxylic acids is 2. The third-order valence-electron chi connectivity index (χ3n) is 3.52. The molecule has 2 rings (SSSR count). The molecule has 140 valence electrons. The van der Waals surface area contributed by atoms with Crippen LogP contribution in [0.5, 0.6) is 11.5 Å². The normalized spacial score (nSPS) is 9.85. The highest BCUT2D eigenvalue weighted by Crippen LogP contribution is 2.32. The highest BCUT2D eigenvalue weighted by atomic mass is 32.2. The van der Waals surface area contributed by atoms with Crippen molar-refractivity contribution in [3.8, 4) is 11.5 Å². The van der Waals surface area contributed by atoms with Gasteiger partial charge in [0.25, 0.3) is 0 Å². The fourth-order valence-corrected chi connectivity index (χ4v) is 3.34. The maximum Gasteiger partial charge on any atom is 0.240 e. The zero-order valence-corrected chi connectivity index (χ0v) is 16.0. The summed E-state index contributed by atoms with van der Waals surface area (Å²) in [5.74, 6) is 2.69. The van der Waals surface area contributed by atoms with E-state index in [1.165, 1.54) is 0 Å². The number of hydrogen-bond donors (Lipinski definition) is 0. The highest BCUT2D eigenvalue weighted by Gasteiger charge is 2.07. The molecule has 0 saturated carbocycles. The molecule has 0 amide bonds. The molecule has 6 nitrogen and oxygen atoms in total. The lowest BCUT2D eigenvalue weighted by molar-refractivity contribution is 0.341. The van der Waals surface area contributed by atoms with Crippen molar-refractivity contribution in [1.82, 2.24) is 0 Å². The van der Waals surface area contributed by atoms with Crippen LogP contribution < -0.4 is 9.47 Å². The maximum absolute atomic E-state index is 10.5. The van der Waals surface area contributed by atoms with Crippen LogP contribution in [0.25, 0.3) is 0 Å². The van der Waals surface area contributed by atoms with Crippen molar-refractivity contribution in [2.24, 2.45) is 9.98 Å². The Morgan fingerprint density at radius 2 is 1.26 bits per heavy atom. The molecule has 0 N–H and O–H groups in total. The third kappa shape index (κ3) is 6.12. The van der Waals surface area contributed by atoms with E-state index in [1.807, 2.05) is 38.1 Å². The first-order valence-corrected chi connectivity index (χ1v) is 9.62. The van der Waals surface area contributed by atoms with Gasteiger partial charge in [-0.1, -0.05) is 12.1 Å². The van der Waals surface area contributed by atoms with Gasteiger partial charge in [-0.15, -0.1) is 0 Å². The zero-order valence-electron chi connectivity index (χ0n) is 15.2. The number of nitrogens with zero attached hydrogens (tertiary/aromatic N) is 2. The summed E-state index contributed by atoms with van der Waals surface area (Å²) in [6.07, 6.45) is 3.08. The molecule has 27 heavy (non-hydrogen) atoms. The summed E-state index contributed by atoms with van der Waals surface area (Å²) >= 11 is 1.72. The molecular formula is C20H20N2O4S. The predicted octanol–water partition coefficient (Wildman–Crippen LogP) is 4.85. The predicted molar refractivity (Wildman–Crippen MR) is 106 cm³/mol. The minimum Gasteiger partial charge on any atom is -0.492 e. The molecule has 0 unspecified atom stereocenters. The van der Waals surface area contributed by atoms with Gasteiger partial charge in [-0.05, 0) is 49.2 Å². The molecule has 7 heteroatoms. The zero-order chi connectivity index (χ0) is 19.5. The molecule has 0 aliphatic rings. The van der Waals surface area contributed by atoms with Crippen LogP contribution in [0.3, 0.4) is 0 Å². The molecule has 0 aliphatic heterocycles. The fraction of sp³-hybridized carbons (Fsp3) is 0.300. The van der Waals surface area contributed by atoms with E-state index >= 15 is 0 Å². The lowest BCUT2D eigenvalue weighted by Gasteiger charge is -2.10. The van der Waals surface area contributed by atoms with E-state index in [0.717, 1.165) is 22.6 Å². The molecule has 0 spiro atoms. The van der Waals surface area contributed by atoms with Crippen LogP contribution in [0.4, 0.5) is 11.4 Å². The SMILES string of the molecule is CCOc1cc(CSCc2ccc(N=C=O)c(OCC)c2)ccc1N=C=O. The van der Waals surface area contributed by atoms with Crippen molar-refractivity contribution in [2.75, 3.05) is 13.2 Å². The fourth-order valence-electron chi connectivity index (χ4n) is 2.41. The maximum atomic E-state index is 10.5. The smallest absolute Gasteiger partial charge is 0.240 e. The van der Waals surface area contributed by atoms with Crippen LogP contribution in [0.15, 0.2) is 46.4 Å². The number of aliphatic imine (C=N–C) groups is 2.